The number of ether oxygens (including phenoxy) is 1. The van der Waals surface area contributed by atoms with Gasteiger partial charge in [0.25, 0.3) is 5.91 Å². The largest absolute Gasteiger partial charge is 0.480 e. The predicted molar refractivity (Wildman–Crippen MR) is 75.2 cm³/mol. The van der Waals surface area contributed by atoms with E-state index in [9.17, 15) is 14.4 Å². The number of amides is 2. The Morgan fingerprint density at radius 3 is 2.86 bits per heavy atom. The quantitative estimate of drug-likeness (QED) is 0.808. The first-order valence-corrected chi connectivity index (χ1v) is 7.27. The van der Waals surface area contributed by atoms with Crippen LogP contribution >= 0.6 is 11.3 Å². The Balaban J connectivity index is 1.93. The van der Waals surface area contributed by atoms with Gasteiger partial charge >= 0.3 is 5.97 Å². The van der Waals surface area contributed by atoms with Crippen LogP contribution < -0.4 is 5.32 Å². The van der Waals surface area contributed by atoms with Crippen molar-refractivity contribution < 1.29 is 24.2 Å². The van der Waals surface area contributed by atoms with Crippen molar-refractivity contribution in [1.29, 1.82) is 0 Å². The normalized spacial score (nSPS) is 21.3. The molecular formula is C13H16N2O5S. The average molecular weight is 312 g/mol. The van der Waals surface area contributed by atoms with Gasteiger partial charge in [-0.15, -0.1) is 11.3 Å². The number of carboxylic acids is 1. The van der Waals surface area contributed by atoms with E-state index in [1.807, 2.05) is 0 Å². The fraction of sp³-hybridized carbons (Fsp3) is 0.462. The van der Waals surface area contributed by atoms with E-state index in [2.05, 4.69) is 5.32 Å². The Kier molecular flexibility index (Phi) is 4.92. The van der Waals surface area contributed by atoms with Crippen LogP contribution in [-0.4, -0.2) is 60.1 Å². The molecule has 0 aliphatic carbocycles. The molecule has 2 atom stereocenters. The molecule has 0 bridgehead atoms. The number of nitrogens with one attached hydrogen (secondary N) is 1. The Bertz CT molecular complexity index is 531. The second kappa shape index (κ2) is 6.68. The smallest absolute Gasteiger partial charge is 0.326 e. The molecule has 0 saturated carbocycles. The maximum absolute atomic E-state index is 12.1. The van der Waals surface area contributed by atoms with E-state index in [1.165, 1.54) is 23.3 Å². The van der Waals surface area contributed by atoms with Crippen molar-refractivity contribution in [2.24, 2.45) is 0 Å². The lowest BCUT2D eigenvalue weighted by molar-refractivity contribution is -0.147. The van der Waals surface area contributed by atoms with Crippen molar-refractivity contribution in [2.75, 3.05) is 20.2 Å². The van der Waals surface area contributed by atoms with Gasteiger partial charge in [-0.3, -0.25) is 9.59 Å². The number of likely N-dealkylation sites (tertiary alicyclic amines) is 1. The molecule has 2 unspecified atom stereocenters. The Hall–Kier alpha value is -1.93. The molecule has 0 radical (unpaired) electrons. The highest BCUT2D eigenvalue weighted by atomic mass is 32.1. The molecule has 2 N–H and O–H groups in total. The maximum atomic E-state index is 12.1. The van der Waals surface area contributed by atoms with Crippen LogP contribution in [-0.2, 0) is 14.3 Å². The van der Waals surface area contributed by atoms with E-state index < -0.39 is 17.9 Å². The molecule has 114 valence electrons. The first-order chi connectivity index (χ1) is 10.0. The zero-order chi connectivity index (χ0) is 15.4. The third-order valence-electron chi connectivity index (χ3n) is 3.35. The molecule has 21 heavy (non-hydrogen) atoms. The molecule has 2 amide bonds. The molecule has 8 heteroatoms. The maximum Gasteiger partial charge on any atom is 0.326 e. The van der Waals surface area contributed by atoms with E-state index in [4.69, 9.17) is 9.84 Å². The zero-order valence-electron chi connectivity index (χ0n) is 11.4. The first-order valence-electron chi connectivity index (χ1n) is 6.39. The van der Waals surface area contributed by atoms with Crippen LogP contribution in [0.3, 0.4) is 0 Å². The molecule has 2 rings (SSSR count). The second-order valence-electron chi connectivity index (χ2n) is 4.65. The van der Waals surface area contributed by atoms with Gasteiger partial charge in [-0.1, -0.05) is 6.07 Å². The van der Waals surface area contributed by atoms with E-state index in [0.29, 0.717) is 4.88 Å². The molecule has 0 aromatic carbocycles. The lowest BCUT2D eigenvalue weighted by atomic mass is 10.2. The minimum absolute atomic E-state index is 0.223. The van der Waals surface area contributed by atoms with Gasteiger partial charge in [-0.25, -0.2) is 4.79 Å². The van der Waals surface area contributed by atoms with Crippen molar-refractivity contribution in [1.82, 2.24) is 10.2 Å². The standard InChI is InChI=1S/C13H16N2O5S/c1-20-8-5-9(13(18)19)15(7-8)11(16)6-14-12(17)10-3-2-4-21-10/h2-4,8-9H,5-7H2,1H3,(H,14,17)(H,18,19). The summed E-state index contributed by atoms with van der Waals surface area (Å²) < 4.78 is 5.11. The average Bonchev–Trinajstić information content (AvgIpc) is 3.12. The summed E-state index contributed by atoms with van der Waals surface area (Å²) in [4.78, 5) is 36.8. The van der Waals surface area contributed by atoms with Gasteiger partial charge in [0, 0.05) is 20.1 Å². The summed E-state index contributed by atoms with van der Waals surface area (Å²) in [5.41, 5.74) is 0. The van der Waals surface area contributed by atoms with Crippen LogP contribution in [0.5, 0.6) is 0 Å². The summed E-state index contributed by atoms with van der Waals surface area (Å²) in [5, 5.41) is 13.4. The molecule has 1 aromatic rings. The van der Waals surface area contributed by atoms with Crippen molar-refractivity contribution in [3.63, 3.8) is 0 Å². The van der Waals surface area contributed by atoms with E-state index >= 15 is 0 Å². The second-order valence-corrected chi connectivity index (χ2v) is 5.60. The lowest BCUT2D eigenvalue weighted by Gasteiger charge is -2.21. The molecule has 1 fully saturated rings. The van der Waals surface area contributed by atoms with Crippen LogP contribution in [0.4, 0.5) is 0 Å². The summed E-state index contributed by atoms with van der Waals surface area (Å²) >= 11 is 1.27. The Morgan fingerprint density at radius 1 is 1.52 bits per heavy atom. The zero-order valence-corrected chi connectivity index (χ0v) is 12.3. The van der Waals surface area contributed by atoms with Crippen LogP contribution in [0.15, 0.2) is 17.5 Å². The molecule has 1 aliphatic heterocycles. The van der Waals surface area contributed by atoms with Gasteiger partial charge in [0.1, 0.15) is 6.04 Å². The minimum Gasteiger partial charge on any atom is -0.480 e. The summed E-state index contributed by atoms with van der Waals surface area (Å²) in [6.07, 6.45) is -0.0285. The number of nitrogens with zero attached hydrogens (tertiary/aromatic N) is 1. The third kappa shape index (κ3) is 3.59. The third-order valence-corrected chi connectivity index (χ3v) is 4.22. The Labute approximate surface area is 125 Å². The van der Waals surface area contributed by atoms with Crippen molar-refractivity contribution in [3.8, 4) is 0 Å². The number of hydrogen-bond donors (Lipinski definition) is 2. The van der Waals surface area contributed by atoms with Gasteiger partial charge in [0.15, 0.2) is 0 Å². The van der Waals surface area contributed by atoms with Crippen LogP contribution in [0.1, 0.15) is 16.1 Å². The predicted octanol–water partition coefficient (Wildman–Crippen LogP) is 0.178. The number of hydrogen-bond acceptors (Lipinski definition) is 5. The molecule has 2 heterocycles. The van der Waals surface area contributed by atoms with E-state index in [0.717, 1.165) is 0 Å². The minimum atomic E-state index is -1.06. The highest BCUT2D eigenvalue weighted by Crippen LogP contribution is 2.20. The molecule has 1 aromatic heterocycles. The van der Waals surface area contributed by atoms with E-state index in [-0.39, 0.29) is 31.5 Å². The molecular weight excluding hydrogens is 296 g/mol. The van der Waals surface area contributed by atoms with Crippen molar-refractivity contribution >= 4 is 29.1 Å². The van der Waals surface area contributed by atoms with Gasteiger partial charge in [-0.05, 0) is 11.4 Å². The molecule has 1 saturated heterocycles. The monoisotopic (exact) mass is 312 g/mol. The number of rotatable bonds is 5. The first kappa shape index (κ1) is 15.5. The SMILES string of the molecule is COC1CC(C(=O)O)N(C(=O)CNC(=O)c2cccs2)C1. The van der Waals surface area contributed by atoms with Gasteiger partial charge in [-0.2, -0.15) is 0 Å². The summed E-state index contributed by atoms with van der Waals surface area (Å²) in [6.45, 7) is -0.00187. The molecule has 7 nitrogen and oxygen atoms in total. The highest BCUT2D eigenvalue weighted by Gasteiger charge is 2.39. The number of aliphatic carboxylic acids is 1. The van der Waals surface area contributed by atoms with Crippen LogP contribution in [0, 0.1) is 0 Å². The number of carbonyl (C=O) groups excluding carboxylic acids is 2. The van der Waals surface area contributed by atoms with E-state index in [1.54, 1.807) is 17.5 Å². The number of thiophene rings is 1. The molecule has 1 aliphatic rings. The highest BCUT2D eigenvalue weighted by molar-refractivity contribution is 7.12. The van der Waals surface area contributed by atoms with Crippen LogP contribution in [0.2, 0.25) is 0 Å². The molecule has 0 spiro atoms. The van der Waals surface area contributed by atoms with Gasteiger partial charge < -0.3 is 20.1 Å². The van der Waals surface area contributed by atoms with Crippen molar-refractivity contribution in [3.05, 3.63) is 22.4 Å². The van der Waals surface area contributed by atoms with Gasteiger partial charge in [0.2, 0.25) is 5.91 Å². The number of methoxy groups -OCH3 is 1. The summed E-state index contributed by atoms with van der Waals surface area (Å²) in [6, 6.07) is 2.49. The summed E-state index contributed by atoms with van der Waals surface area (Å²) in [5.74, 6) is -1.83. The van der Waals surface area contributed by atoms with Crippen molar-refractivity contribution in [2.45, 2.75) is 18.6 Å². The topological polar surface area (TPSA) is 95.9 Å². The lowest BCUT2D eigenvalue weighted by Crippen LogP contribution is -2.45. The van der Waals surface area contributed by atoms with Crippen LogP contribution in [0.25, 0.3) is 0 Å². The Morgan fingerprint density at radius 2 is 2.29 bits per heavy atom. The summed E-state index contributed by atoms with van der Waals surface area (Å²) in [7, 11) is 1.48. The fourth-order valence-electron chi connectivity index (χ4n) is 2.23. The number of carbonyl (C=O) groups is 3. The number of carboxylic acid groups (broad SMARTS) is 1. The fourth-order valence-corrected chi connectivity index (χ4v) is 2.87. The van der Waals surface area contributed by atoms with Gasteiger partial charge in [0.05, 0.1) is 17.5 Å².